The molecule has 0 amide bonds. The second kappa shape index (κ2) is 14.7. The van der Waals surface area contributed by atoms with Gasteiger partial charge in [-0.2, -0.15) is 17.6 Å². The maximum atomic E-state index is 12.4. The number of halogens is 4. The van der Waals surface area contributed by atoms with E-state index in [1.807, 2.05) is 0 Å². The molecule has 5 heteroatoms. The molecule has 0 aliphatic carbocycles. The highest BCUT2D eigenvalue weighted by molar-refractivity contribution is 5.71. The molecule has 0 heterocycles. The van der Waals surface area contributed by atoms with E-state index in [9.17, 15) is 22.4 Å². The summed E-state index contributed by atoms with van der Waals surface area (Å²) in [6.45, 7) is 2.22. The van der Waals surface area contributed by atoms with Crippen LogP contribution >= 0.6 is 0 Å². The topological polar surface area (TPSA) is 17.1 Å². The average Bonchev–Trinajstić information content (AvgIpc) is 2.49. The molecule has 0 rings (SSSR count). The molecule has 0 aromatic heterocycles. The maximum Gasteiger partial charge on any atom is 0.401 e. The van der Waals surface area contributed by atoms with Gasteiger partial charge < -0.3 is 0 Å². The zero-order valence-corrected chi connectivity index (χ0v) is 15.1. The van der Waals surface area contributed by atoms with Crippen LogP contribution in [0.3, 0.4) is 0 Å². The largest absolute Gasteiger partial charge is 0.401 e. The van der Waals surface area contributed by atoms with Crippen LogP contribution in [0.15, 0.2) is 0 Å². The van der Waals surface area contributed by atoms with E-state index in [4.69, 9.17) is 0 Å². The van der Waals surface area contributed by atoms with Crippen LogP contribution in [0.25, 0.3) is 0 Å². The highest BCUT2D eigenvalue weighted by Crippen LogP contribution is 2.31. The first-order valence-electron chi connectivity index (χ1n) is 9.65. The molecule has 0 saturated carbocycles. The smallest absolute Gasteiger partial charge is 0.260 e. The van der Waals surface area contributed by atoms with Crippen LogP contribution in [-0.4, -0.2) is 12.2 Å². The minimum Gasteiger partial charge on any atom is -0.260 e. The van der Waals surface area contributed by atoms with E-state index in [1.165, 1.54) is 57.8 Å². The molecule has 24 heavy (non-hydrogen) atoms. The van der Waals surface area contributed by atoms with E-state index in [2.05, 4.69) is 6.92 Å². The number of rotatable bonds is 16. The van der Waals surface area contributed by atoms with Gasteiger partial charge in [-0.3, -0.25) is 4.79 Å². The zero-order chi connectivity index (χ0) is 18.3. The molecule has 0 aliphatic rings. The van der Waals surface area contributed by atoms with Crippen molar-refractivity contribution in [2.75, 3.05) is 0 Å². The standard InChI is InChI=1S/C19H34F4O/c1-2-3-4-5-6-7-8-9-10-11-12-13-14-15-16-17(18(20)24)19(21,22)23/h17H,2-16H2,1H3. The Labute approximate surface area is 144 Å². The molecule has 0 aliphatic heterocycles. The molecule has 0 aromatic rings. The molecule has 0 aromatic carbocycles. The van der Waals surface area contributed by atoms with Gasteiger partial charge in [0.15, 0.2) is 0 Å². The monoisotopic (exact) mass is 354 g/mol. The van der Waals surface area contributed by atoms with Crippen molar-refractivity contribution < 1.29 is 22.4 Å². The minimum absolute atomic E-state index is 0.262. The van der Waals surface area contributed by atoms with E-state index in [1.54, 1.807) is 0 Å². The lowest BCUT2D eigenvalue weighted by molar-refractivity contribution is -0.189. The molecule has 0 spiro atoms. The van der Waals surface area contributed by atoms with Gasteiger partial charge in [-0.25, -0.2) is 0 Å². The fourth-order valence-electron chi connectivity index (χ4n) is 2.95. The first-order valence-corrected chi connectivity index (χ1v) is 9.65. The summed E-state index contributed by atoms with van der Waals surface area (Å²) in [6, 6.07) is -2.25. The predicted molar refractivity (Wildman–Crippen MR) is 90.6 cm³/mol. The van der Waals surface area contributed by atoms with Gasteiger partial charge in [0, 0.05) is 0 Å². The first-order chi connectivity index (χ1) is 11.4. The number of hydrogen-bond donors (Lipinski definition) is 0. The van der Waals surface area contributed by atoms with Crippen molar-refractivity contribution in [2.24, 2.45) is 5.92 Å². The van der Waals surface area contributed by atoms with E-state index in [0.717, 1.165) is 19.3 Å². The Kier molecular flexibility index (Phi) is 14.3. The molecule has 1 unspecified atom stereocenters. The number of hydrogen-bond acceptors (Lipinski definition) is 1. The van der Waals surface area contributed by atoms with Crippen molar-refractivity contribution in [1.82, 2.24) is 0 Å². The summed E-state index contributed by atoms with van der Waals surface area (Å²) in [6.07, 6.45) is 10.3. The quantitative estimate of drug-likeness (QED) is 0.159. The lowest BCUT2D eigenvalue weighted by Crippen LogP contribution is -2.28. The van der Waals surface area contributed by atoms with Crippen LogP contribution < -0.4 is 0 Å². The number of unbranched alkanes of at least 4 members (excludes halogenated alkanes) is 13. The molecule has 1 atom stereocenters. The summed E-state index contributed by atoms with van der Waals surface area (Å²) < 4.78 is 49.5. The van der Waals surface area contributed by atoms with Crippen molar-refractivity contribution in [3.8, 4) is 0 Å². The number of alkyl halides is 3. The van der Waals surface area contributed by atoms with Crippen molar-refractivity contribution in [1.29, 1.82) is 0 Å². The third-order valence-corrected chi connectivity index (χ3v) is 4.52. The van der Waals surface area contributed by atoms with Crippen LogP contribution in [0.1, 0.15) is 103 Å². The van der Waals surface area contributed by atoms with Crippen molar-refractivity contribution in [2.45, 2.75) is 109 Å². The van der Waals surface area contributed by atoms with E-state index in [0.29, 0.717) is 6.42 Å². The molecular formula is C19H34F4O. The molecule has 0 radical (unpaired) electrons. The zero-order valence-electron chi connectivity index (χ0n) is 15.1. The Bertz CT molecular complexity index is 302. The Balaban J connectivity index is 3.35. The van der Waals surface area contributed by atoms with Crippen LogP contribution in [0.5, 0.6) is 0 Å². The third kappa shape index (κ3) is 13.8. The molecule has 0 saturated heterocycles. The first kappa shape index (κ1) is 23.4. The molecule has 0 N–H and O–H groups in total. The number of carbonyl (C=O) groups excluding carboxylic acids is 1. The minimum atomic E-state index is -4.75. The van der Waals surface area contributed by atoms with Crippen molar-refractivity contribution in [3.05, 3.63) is 0 Å². The fraction of sp³-hybridized carbons (Fsp3) is 0.947. The SMILES string of the molecule is CCCCCCCCCCCCCCCCC(C(=O)F)C(F)(F)F. The highest BCUT2D eigenvalue weighted by atomic mass is 19.4. The second-order valence-corrected chi connectivity index (χ2v) is 6.78. The fourth-order valence-corrected chi connectivity index (χ4v) is 2.95. The average molecular weight is 354 g/mol. The Morgan fingerprint density at radius 2 is 1.04 bits per heavy atom. The van der Waals surface area contributed by atoms with Gasteiger partial charge in [0.05, 0.1) is 0 Å². The predicted octanol–water partition coefficient (Wildman–Crippen LogP) is 7.53. The Hall–Kier alpha value is -0.610. The van der Waals surface area contributed by atoms with Gasteiger partial charge in [-0.05, 0) is 6.42 Å². The van der Waals surface area contributed by atoms with Gasteiger partial charge in [-0.1, -0.05) is 96.8 Å². The van der Waals surface area contributed by atoms with Crippen LogP contribution in [0.4, 0.5) is 17.6 Å². The number of carbonyl (C=O) groups is 1. The molecule has 0 fully saturated rings. The van der Waals surface area contributed by atoms with Crippen LogP contribution in [-0.2, 0) is 4.79 Å². The summed E-state index contributed by atoms with van der Waals surface area (Å²) in [5, 5.41) is 0. The van der Waals surface area contributed by atoms with E-state index in [-0.39, 0.29) is 6.42 Å². The summed E-state index contributed by atoms with van der Waals surface area (Å²) >= 11 is 0. The van der Waals surface area contributed by atoms with Gasteiger partial charge in [0.1, 0.15) is 5.92 Å². The normalized spacial score (nSPS) is 13.2. The van der Waals surface area contributed by atoms with Crippen molar-refractivity contribution >= 4 is 6.04 Å². The summed E-state index contributed by atoms with van der Waals surface area (Å²) in [4.78, 5) is 10.4. The van der Waals surface area contributed by atoms with Gasteiger partial charge >= 0.3 is 12.2 Å². The van der Waals surface area contributed by atoms with E-state index < -0.39 is 24.6 Å². The van der Waals surface area contributed by atoms with Gasteiger partial charge in [0.25, 0.3) is 0 Å². The summed E-state index contributed by atoms with van der Waals surface area (Å²) in [5.41, 5.74) is 0. The molecule has 1 nitrogen and oxygen atoms in total. The molecule has 144 valence electrons. The lowest BCUT2D eigenvalue weighted by atomic mass is 10.00. The Morgan fingerprint density at radius 3 is 1.33 bits per heavy atom. The van der Waals surface area contributed by atoms with Gasteiger partial charge in [0.2, 0.25) is 0 Å². The summed E-state index contributed by atoms with van der Waals surface area (Å²) in [7, 11) is 0. The van der Waals surface area contributed by atoms with Crippen molar-refractivity contribution in [3.63, 3.8) is 0 Å². The maximum absolute atomic E-state index is 12.4. The molecule has 0 bridgehead atoms. The van der Waals surface area contributed by atoms with E-state index >= 15 is 0 Å². The molecular weight excluding hydrogens is 320 g/mol. The lowest BCUT2D eigenvalue weighted by Gasteiger charge is -2.14. The second-order valence-electron chi connectivity index (χ2n) is 6.78. The van der Waals surface area contributed by atoms with Crippen LogP contribution in [0.2, 0.25) is 0 Å². The summed E-state index contributed by atoms with van der Waals surface area (Å²) in [5.74, 6) is -2.42. The third-order valence-electron chi connectivity index (χ3n) is 4.52. The van der Waals surface area contributed by atoms with Crippen LogP contribution in [0, 0.1) is 5.92 Å². The highest BCUT2D eigenvalue weighted by Gasteiger charge is 2.44. The van der Waals surface area contributed by atoms with Gasteiger partial charge in [-0.15, -0.1) is 0 Å². The Morgan fingerprint density at radius 1 is 0.708 bits per heavy atom.